The van der Waals surface area contributed by atoms with E-state index < -0.39 is 40.9 Å². The number of rotatable bonds is 3. The number of carbonyl (C=O) groups is 2. The average molecular weight is 444 g/mol. The van der Waals surface area contributed by atoms with Crippen LogP contribution in [0.25, 0.3) is 0 Å². The minimum Gasteiger partial charge on any atom is -0.349 e. The molecule has 0 radical (unpaired) electrons. The molecule has 1 saturated heterocycles. The molecule has 0 unspecified atom stereocenters. The molecule has 10 heteroatoms. The van der Waals surface area contributed by atoms with Gasteiger partial charge in [0.15, 0.2) is 0 Å². The van der Waals surface area contributed by atoms with Gasteiger partial charge in [0.05, 0.1) is 16.7 Å². The number of alkyl halides is 6. The Labute approximate surface area is 173 Å². The van der Waals surface area contributed by atoms with Gasteiger partial charge < -0.3 is 10.2 Å². The summed E-state index contributed by atoms with van der Waals surface area (Å²) in [5.74, 6) is -1.29. The van der Waals surface area contributed by atoms with E-state index in [4.69, 9.17) is 0 Å². The second kappa shape index (κ2) is 8.60. The highest BCUT2D eigenvalue weighted by molar-refractivity contribution is 5.96. The van der Waals surface area contributed by atoms with Crippen molar-refractivity contribution in [3.63, 3.8) is 0 Å². The quantitative estimate of drug-likeness (QED) is 0.695. The number of piperidine rings is 1. The minimum atomic E-state index is -4.65. The highest BCUT2D eigenvalue weighted by Crippen LogP contribution is 2.33. The standard InChI is InChI=1S/C21H18F6N2O2/c22-20(23,24)14-7-5-13(6-8-14)18(30)28-15-9-11-29(12-10-15)19(31)16-3-1-2-4-17(16)21(25,26)27/h1-8,15H,9-12H2,(H,28,30). The normalized spacial score (nSPS) is 15.6. The number of hydrogen-bond acceptors (Lipinski definition) is 2. The number of likely N-dealkylation sites (tertiary alicyclic amines) is 1. The van der Waals surface area contributed by atoms with Crippen LogP contribution in [0.5, 0.6) is 0 Å². The predicted octanol–water partition coefficient (Wildman–Crippen LogP) is 4.76. The van der Waals surface area contributed by atoms with Crippen molar-refractivity contribution in [2.45, 2.75) is 31.2 Å². The fraction of sp³-hybridized carbons (Fsp3) is 0.333. The van der Waals surface area contributed by atoms with E-state index in [0.29, 0.717) is 12.8 Å². The van der Waals surface area contributed by atoms with Gasteiger partial charge in [-0.05, 0) is 49.2 Å². The SMILES string of the molecule is O=C(NC1CCN(C(=O)c2ccccc2C(F)(F)F)CC1)c1ccc(C(F)(F)F)cc1. The molecule has 4 nitrogen and oxygen atoms in total. The van der Waals surface area contributed by atoms with Crippen LogP contribution in [0.15, 0.2) is 48.5 Å². The van der Waals surface area contributed by atoms with E-state index in [9.17, 15) is 35.9 Å². The Morgan fingerprint density at radius 1 is 0.839 bits per heavy atom. The Bertz CT molecular complexity index is 946. The molecule has 0 spiro atoms. The van der Waals surface area contributed by atoms with Gasteiger partial charge in [-0.3, -0.25) is 9.59 Å². The third-order valence-corrected chi connectivity index (χ3v) is 5.05. The summed E-state index contributed by atoms with van der Waals surface area (Å²) >= 11 is 0. The molecule has 2 aromatic carbocycles. The minimum absolute atomic E-state index is 0.0608. The largest absolute Gasteiger partial charge is 0.417 e. The summed E-state index contributed by atoms with van der Waals surface area (Å²) in [4.78, 5) is 26.1. The molecule has 1 N–H and O–H groups in total. The van der Waals surface area contributed by atoms with Crippen LogP contribution >= 0.6 is 0 Å². The topological polar surface area (TPSA) is 49.4 Å². The summed E-state index contributed by atoms with van der Waals surface area (Å²) < 4.78 is 77.3. The van der Waals surface area contributed by atoms with Crippen LogP contribution in [0.3, 0.4) is 0 Å². The van der Waals surface area contributed by atoms with Crippen molar-refractivity contribution in [3.05, 3.63) is 70.8 Å². The smallest absolute Gasteiger partial charge is 0.349 e. The van der Waals surface area contributed by atoms with E-state index in [1.165, 1.54) is 17.0 Å². The van der Waals surface area contributed by atoms with Crippen LogP contribution in [0.1, 0.15) is 44.7 Å². The van der Waals surface area contributed by atoms with Gasteiger partial charge in [0.1, 0.15) is 0 Å². The number of hydrogen-bond donors (Lipinski definition) is 1. The molecular formula is C21H18F6N2O2. The molecule has 1 heterocycles. The van der Waals surface area contributed by atoms with E-state index in [1.807, 2.05) is 0 Å². The van der Waals surface area contributed by atoms with Crippen molar-refractivity contribution >= 4 is 11.8 Å². The molecule has 0 atom stereocenters. The van der Waals surface area contributed by atoms with Gasteiger partial charge in [0.25, 0.3) is 11.8 Å². The lowest BCUT2D eigenvalue weighted by molar-refractivity contribution is -0.138. The zero-order chi connectivity index (χ0) is 22.8. The van der Waals surface area contributed by atoms with Crippen LogP contribution in [0, 0.1) is 0 Å². The molecule has 0 aliphatic carbocycles. The van der Waals surface area contributed by atoms with Crippen molar-refractivity contribution in [2.24, 2.45) is 0 Å². The third-order valence-electron chi connectivity index (χ3n) is 5.05. The van der Waals surface area contributed by atoms with E-state index in [1.54, 1.807) is 0 Å². The summed E-state index contributed by atoms with van der Waals surface area (Å²) in [6, 6.07) is 7.98. The molecule has 1 aliphatic rings. The number of carbonyl (C=O) groups excluding carboxylic acids is 2. The van der Waals surface area contributed by atoms with Crippen LogP contribution < -0.4 is 5.32 Å². The van der Waals surface area contributed by atoms with Crippen LogP contribution in [0.4, 0.5) is 26.3 Å². The molecule has 0 bridgehead atoms. The van der Waals surface area contributed by atoms with Gasteiger partial charge in [-0.15, -0.1) is 0 Å². The van der Waals surface area contributed by atoms with E-state index in [2.05, 4.69) is 5.32 Å². The van der Waals surface area contributed by atoms with Crippen molar-refractivity contribution in [1.82, 2.24) is 10.2 Å². The van der Waals surface area contributed by atoms with Crippen LogP contribution in [-0.2, 0) is 12.4 Å². The monoisotopic (exact) mass is 444 g/mol. The number of halogens is 6. The number of nitrogens with one attached hydrogen (secondary N) is 1. The van der Waals surface area contributed by atoms with Crippen LogP contribution in [0.2, 0.25) is 0 Å². The average Bonchev–Trinajstić information content (AvgIpc) is 2.72. The van der Waals surface area contributed by atoms with Gasteiger partial charge >= 0.3 is 12.4 Å². The summed E-state index contributed by atoms with van der Waals surface area (Å²) in [5, 5.41) is 2.69. The van der Waals surface area contributed by atoms with Crippen molar-refractivity contribution in [1.29, 1.82) is 0 Å². The maximum atomic E-state index is 13.2. The molecular weight excluding hydrogens is 426 g/mol. The fourth-order valence-electron chi connectivity index (χ4n) is 3.39. The van der Waals surface area contributed by atoms with Gasteiger partial charge in [0, 0.05) is 24.7 Å². The van der Waals surface area contributed by atoms with E-state index in [0.717, 1.165) is 36.4 Å². The van der Waals surface area contributed by atoms with Gasteiger partial charge in [-0.1, -0.05) is 12.1 Å². The highest BCUT2D eigenvalue weighted by atomic mass is 19.4. The predicted molar refractivity (Wildman–Crippen MR) is 99.3 cm³/mol. The summed E-state index contributed by atoms with van der Waals surface area (Å²) in [6.45, 7) is 0.284. The van der Waals surface area contributed by atoms with Gasteiger partial charge in [-0.2, -0.15) is 26.3 Å². The molecule has 0 saturated carbocycles. The molecule has 166 valence electrons. The second-order valence-corrected chi connectivity index (χ2v) is 7.16. The number of amides is 2. The second-order valence-electron chi connectivity index (χ2n) is 7.16. The Kier molecular flexibility index (Phi) is 6.28. The lowest BCUT2D eigenvalue weighted by atomic mass is 10.0. The first-order valence-electron chi connectivity index (χ1n) is 9.40. The lowest BCUT2D eigenvalue weighted by Gasteiger charge is -2.33. The Morgan fingerprint density at radius 3 is 1.97 bits per heavy atom. The van der Waals surface area contributed by atoms with E-state index in [-0.39, 0.29) is 24.7 Å². The first kappa shape index (κ1) is 22.6. The molecule has 2 amide bonds. The Hall–Kier alpha value is -3.04. The number of nitrogens with zero attached hydrogens (tertiary/aromatic N) is 1. The van der Waals surface area contributed by atoms with E-state index >= 15 is 0 Å². The Balaban J connectivity index is 1.59. The fourth-order valence-corrected chi connectivity index (χ4v) is 3.39. The zero-order valence-electron chi connectivity index (χ0n) is 16.1. The summed E-state index contributed by atoms with van der Waals surface area (Å²) in [7, 11) is 0. The lowest BCUT2D eigenvalue weighted by Crippen LogP contribution is -2.46. The molecule has 1 fully saturated rings. The molecule has 31 heavy (non-hydrogen) atoms. The van der Waals surface area contributed by atoms with Crippen molar-refractivity contribution in [3.8, 4) is 0 Å². The van der Waals surface area contributed by atoms with Crippen molar-refractivity contribution in [2.75, 3.05) is 13.1 Å². The Morgan fingerprint density at radius 2 is 1.42 bits per heavy atom. The first-order chi connectivity index (χ1) is 14.5. The molecule has 1 aliphatic heterocycles. The highest BCUT2D eigenvalue weighted by Gasteiger charge is 2.36. The van der Waals surface area contributed by atoms with Gasteiger partial charge in [-0.25, -0.2) is 0 Å². The maximum Gasteiger partial charge on any atom is 0.417 e. The van der Waals surface area contributed by atoms with Crippen LogP contribution in [-0.4, -0.2) is 35.8 Å². The molecule has 3 rings (SSSR count). The maximum absolute atomic E-state index is 13.2. The number of benzene rings is 2. The summed E-state index contributed by atoms with van der Waals surface area (Å²) in [6.07, 6.45) is -8.53. The molecule has 2 aromatic rings. The van der Waals surface area contributed by atoms with Crippen molar-refractivity contribution < 1.29 is 35.9 Å². The summed E-state index contributed by atoms with van der Waals surface area (Å²) in [5.41, 5.74) is -2.24. The first-order valence-corrected chi connectivity index (χ1v) is 9.40. The van der Waals surface area contributed by atoms with Gasteiger partial charge in [0.2, 0.25) is 0 Å². The molecule has 0 aromatic heterocycles. The third kappa shape index (κ3) is 5.36. The zero-order valence-corrected chi connectivity index (χ0v) is 16.1.